The van der Waals surface area contributed by atoms with Crippen LogP contribution in [0.25, 0.3) is 0 Å². The molecule has 1 aliphatic rings. The van der Waals surface area contributed by atoms with Crippen LogP contribution in [0.4, 0.5) is 0 Å². The SMILES string of the molecule is CC1(C)CN(C(=O)c2ccc(=O)[nH]n2)Cc2ccccc21. The molecule has 0 saturated heterocycles. The fourth-order valence-corrected chi connectivity index (χ4v) is 2.91. The van der Waals surface area contributed by atoms with Crippen LogP contribution in [0.2, 0.25) is 0 Å². The zero-order valence-corrected chi connectivity index (χ0v) is 12.1. The molecular formula is C16H17N3O2. The molecule has 2 aromatic rings. The zero-order valence-electron chi connectivity index (χ0n) is 12.1. The number of rotatable bonds is 1. The summed E-state index contributed by atoms with van der Waals surface area (Å²) in [5.41, 5.74) is 2.29. The topological polar surface area (TPSA) is 66.1 Å². The first-order valence-electron chi connectivity index (χ1n) is 6.91. The molecule has 0 fully saturated rings. The first-order chi connectivity index (χ1) is 9.97. The molecule has 1 aromatic carbocycles. The van der Waals surface area contributed by atoms with E-state index in [0.717, 1.165) is 5.56 Å². The first kappa shape index (κ1) is 13.5. The molecule has 0 atom stereocenters. The highest BCUT2D eigenvalue weighted by Gasteiger charge is 2.34. The number of nitrogens with zero attached hydrogens (tertiary/aromatic N) is 2. The van der Waals surface area contributed by atoms with Crippen LogP contribution in [-0.4, -0.2) is 27.5 Å². The van der Waals surface area contributed by atoms with E-state index in [9.17, 15) is 9.59 Å². The fourth-order valence-electron chi connectivity index (χ4n) is 2.91. The molecule has 1 aliphatic heterocycles. The summed E-state index contributed by atoms with van der Waals surface area (Å²) in [7, 11) is 0. The van der Waals surface area contributed by atoms with Crippen molar-refractivity contribution in [1.29, 1.82) is 0 Å². The van der Waals surface area contributed by atoms with Gasteiger partial charge >= 0.3 is 0 Å². The van der Waals surface area contributed by atoms with E-state index in [1.54, 1.807) is 4.90 Å². The van der Waals surface area contributed by atoms with Gasteiger partial charge in [0.25, 0.3) is 11.5 Å². The van der Waals surface area contributed by atoms with Crippen molar-refractivity contribution in [2.45, 2.75) is 25.8 Å². The van der Waals surface area contributed by atoms with Gasteiger partial charge in [-0.25, -0.2) is 5.10 Å². The first-order valence-corrected chi connectivity index (χ1v) is 6.91. The molecule has 0 unspecified atom stereocenters. The Bertz CT molecular complexity index is 729. The molecule has 0 saturated carbocycles. The second-order valence-electron chi connectivity index (χ2n) is 6.01. The van der Waals surface area contributed by atoms with Crippen molar-refractivity contribution in [3.05, 3.63) is 63.6 Å². The highest BCUT2D eigenvalue weighted by molar-refractivity contribution is 5.92. The maximum atomic E-state index is 12.5. The van der Waals surface area contributed by atoms with Gasteiger partial charge in [-0.15, -0.1) is 0 Å². The van der Waals surface area contributed by atoms with Crippen LogP contribution < -0.4 is 5.56 Å². The molecule has 0 aliphatic carbocycles. The van der Waals surface area contributed by atoms with Gasteiger partial charge in [0.1, 0.15) is 5.69 Å². The Morgan fingerprint density at radius 1 is 1.24 bits per heavy atom. The highest BCUT2D eigenvalue weighted by Crippen LogP contribution is 2.33. The van der Waals surface area contributed by atoms with Crippen molar-refractivity contribution in [3.63, 3.8) is 0 Å². The van der Waals surface area contributed by atoms with E-state index >= 15 is 0 Å². The summed E-state index contributed by atoms with van der Waals surface area (Å²) in [6.07, 6.45) is 0. The van der Waals surface area contributed by atoms with Gasteiger partial charge in [0, 0.05) is 24.6 Å². The van der Waals surface area contributed by atoms with Gasteiger partial charge in [-0.05, 0) is 17.2 Å². The number of benzene rings is 1. The average molecular weight is 283 g/mol. The Hall–Kier alpha value is -2.43. The third-order valence-electron chi connectivity index (χ3n) is 3.88. The Morgan fingerprint density at radius 3 is 2.71 bits per heavy atom. The number of H-pyrrole nitrogens is 1. The molecule has 1 aromatic heterocycles. The number of fused-ring (bicyclic) bond motifs is 1. The minimum Gasteiger partial charge on any atom is -0.332 e. The number of hydrogen-bond acceptors (Lipinski definition) is 3. The van der Waals surface area contributed by atoms with Crippen molar-refractivity contribution in [2.24, 2.45) is 0 Å². The molecule has 3 rings (SSSR count). The van der Waals surface area contributed by atoms with Crippen LogP contribution in [0.15, 0.2) is 41.2 Å². The maximum absolute atomic E-state index is 12.5. The molecule has 0 radical (unpaired) electrons. The van der Waals surface area contributed by atoms with Gasteiger partial charge in [-0.3, -0.25) is 9.59 Å². The van der Waals surface area contributed by atoms with E-state index in [2.05, 4.69) is 36.2 Å². The summed E-state index contributed by atoms with van der Waals surface area (Å²) in [5.74, 6) is -0.158. The molecule has 0 bridgehead atoms. The van der Waals surface area contributed by atoms with Gasteiger partial charge in [-0.1, -0.05) is 38.1 Å². The largest absolute Gasteiger partial charge is 0.332 e. The summed E-state index contributed by atoms with van der Waals surface area (Å²) in [6, 6.07) is 11.0. The molecule has 1 N–H and O–H groups in total. The van der Waals surface area contributed by atoms with Crippen LogP contribution in [0.3, 0.4) is 0 Å². The van der Waals surface area contributed by atoms with Crippen LogP contribution in [-0.2, 0) is 12.0 Å². The minimum atomic E-state index is -0.309. The van der Waals surface area contributed by atoms with Crippen molar-refractivity contribution in [2.75, 3.05) is 6.54 Å². The normalized spacial score (nSPS) is 16.4. The molecule has 5 heteroatoms. The summed E-state index contributed by atoms with van der Waals surface area (Å²) in [6.45, 7) is 5.46. The molecule has 1 amide bonds. The summed E-state index contributed by atoms with van der Waals surface area (Å²) < 4.78 is 0. The lowest BCUT2D eigenvalue weighted by Gasteiger charge is -2.39. The van der Waals surface area contributed by atoms with Gasteiger partial charge in [-0.2, -0.15) is 5.10 Å². The smallest absolute Gasteiger partial charge is 0.274 e. The van der Waals surface area contributed by atoms with Crippen molar-refractivity contribution in [3.8, 4) is 0 Å². The number of amides is 1. The third-order valence-corrected chi connectivity index (χ3v) is 3.88. The quantitative estimate of drug-likeness (QED) is 0.866. The van der Waals surface area contributed by atoms with E-state index in [4.69, 9.17) is 0 Å². The lowest BCUT2D eigenvalue weighted by molar-refractivity contribution is 0.0679. The number of aromatic amines is 1. The van der Waals surface area contributed by atoms with Crippen molar-refractivity contribution >= 4 is 5.91 Å². The van der Waals surface area contributed by atoms with Crippen LogP contribution in [0, 0.1) is 0 Å². The predicted molar refractivity (Wildman–Crippen MR) is 79.1 cm³/mol. The molecule has 108 valence electrons. The van der Waals surface area contributed by atoms with Crippen LogP contribution in [0.5, 0.6) is 0 Å². The Morgan fingerprint density at radius 2 is 2.00 bits per heavy atom. The monoisotopic (exact) mass is 283 g/mol. The summed E-state index contributed by atoms with van der Waals surface area (Å²) in [5, 5.41) is 6.14. The van der Waals surface area contributed by atoms with E-state index < -0.39 is 0 Å². The highest BCUT2D eigenvalue weighted by atomic mass is 16.2. The second kappa shape index (κ2) is 4.84. The number of hydrogen-bond donors (Lipinski definition) is 1. The average Bonchev–Trinajstić information content (AvgIpc) is 2.46. The Kier molecular flexibility index (Phi) is 3.12. The van der Waals surface area contributed by atoms with E-state index in [1.807, 2.05) is 12.1 Å². The zero-order chi connectivity index (χ0) is 15.0. The summed E-state index contributed by atoms with van der Waals surface area (Å²) >= 11 is 0. The summed E-state index contributed by atoms with van der Waals surface area (Å²) in [4.78, 5) is 25.4. The molecule has 2 heterocycles. The van der Waals surface area contributed by atoms with Gasteiger partial charge in [0.05, 0.1) is 0 Å². The lowest BCUT2D eigenvalue weighted by Crippen LogP contribution is -2.45. The molecule has 0 spiro atoms. The van der Waals surface area contributed by atoms with Crippen molar-refractivity contribution < 1.29 is 4.79 Å². The lowest BCUT2D eigenvalue weighted by atomic mass is 9.78. The minimum absolute atomic E-state index is 0.104. The Balaban J connectivity index is 1.93. The molecule has 5 nitrogen and oxygen atoms in total. The Labute approximate surface area is 122 Å². The van der Waals surface area contributed by atoms with E-state index in [1.165, 1.54) is 17.7 Å². The number of carbonyl (C=O) groups is 1. The van der Waals surface area contributed by atoms with Gasteiger partial charge < -0.3 is 4.90 Å². The third kappa shape index (κ3) is 2.46. The molecule has 21 heavy (non-hydrogen) atoms. The fraction of sp³-hybridized carbons (Fsp3) is 0.312. The number of carbonyl (C=O) groups excluding carboxylic acids is 1. The molecular weight excluding hydrogens is 266 g/mol. The van der Waals surface area contributed by atoms with Gasteiger partial charge in [0.2, 0.25) is 0 Å². The number of nitrogens with one attached hydrogen (secondary N) is 1. The van der Waals surface area contributed by atoms with Crippen LogP contribution in [0.1, 0.15) is 35.5 Å². The van der Waals surface area contributed by atoms with Gasteiger partial charge in [0.15, 0.2) is 0 Å². The predicted octanol–water partition coefficient (Wildman–Crippen LogP) is 1.70. The van der Waals surface area contributed by atoms with Crippen LogP contribution >= 0.6 is 0 Å². The maximum Gasteiger partial charge on any atom is 0.274 e. The van der Waals surface area contributed by atoms with Crippen molar-refractivity contribution in [1.82, 2.24) is 15.1 Å². The van der Waals surface area contributed by atoms with E-state index in [0.29, 0.717) is 13.1 Å². The number of aromatic nitrogens is 2. The van der Waals surface area contributed by atoms with E-state index in [-0.39, 0.29) is 22.6 Å². The standard InChI is InChI=1S/C16H17N3O2/c1-16(2)10-19(9-11-5-3-4-6-12(11)16)15(21)13-7-8-14(20)18-17-13/h3-8H,9-10H2,1-2H3,(H,18,20). The second-order valence-corrected chi connectivity index (χ2v) is 6.01.